The Balaban J connectivity index is 1.18. The number of amides is 1. The minimum absolute atomic E-state index is 0.0411. The Morgan fingerprint density at radius 1 is 1.06 bits per heavy atom. The number of carbonyl (C=O) groups excluding carboxylic acids is 1. The van der Waals surface area contributed by atoms with Crippen molar-refractivity contribution >= 4 is 39.5 Å². The van der Waals surface area contributed by atoms with E-state index in [2.05, 4.69) is 37.5 Å². The first-order valence-corrected chi connectivity index (χ1v) is 18.3. The number of rotatable bonds is 8. The van der Waals surface area contributed by atoms with E-state index in [1.165, 1.54) is 6.08 Å². The fourth-order valence-electron chi connectivity index (χ4n) is 8.69. The van der Waals surface area contributed by atoms with Gasteiger partial charge in [0.25, 0.3) is 0 Å². The van der Waals surface area contributed by atoms with Crippen LogP contribution in [0.15, 0.2) is 37.1 Å². The number of morpholine rings is 1. The maximum Gasteiger partial charge on any atom is 0.422 e. The second-order valence-corrected chi connectivity index (χ2v) is 15.3. The summed E-state index contributed by atoms with van der Waals surface area (Å²) in [4.78, 5) is 31.2. The van der Waals surface area contributed by atoms with Crippen LogP contribution in [-0.4, -0.2) is 120 Å². The number of anilines is 2. The van der Waals surface area contributed by atoms with Gasteiger partial charge in [-0.25, -0.2) is 4.98 Å². The summed E-state index contributed by atoms with van der Waals surface area (Å²) in [5.74, 6) is 1.51. The van der Waals surface area contributed by atoms with Crippen LogP contribution in [0.25, 0.3) is 32.9 Å². The summed E-state index contributed by atoms with van der Waals surface area (Å²) in [6.45, 7) is 11.6. The first kappa shape index (κ1) is 33.4. The van der Waals surface area contributed by atoms with Crippen LogP contribution in [0.4, 0.5) is 24.9 Å². The third-order valence-corrected chi connectivity index (χ3v) is 11.8. The number of aromatic nitrogens is 4. The highest BCUT2D eigenvalue weighted by Gasteiger charge is 2.47. The number of aromatic amines is 1. The van der Waals surface area contributed by atoms with Gasteiger partial charge < -0.3 is 24.2 Å². The van der Waals surface area contributed by atoms with E-state index in [1.807, 2.05) is 24.0 Å². The summed E-state index contributed by atoms with van der Waals surface area (Å²) < 4.78 is 53.7. The molecule has 9 rings (SSSR count). The number of piperidine rings is 1. The Kier molecular flexibility index (Phi) is 8.10. The zero-order chi connectivity index (χ0) is 35.8. The van der Waals surface area contributed by atoms with Gasteiger partial charge in [0.05, 0.1) is 24.9 Å². The Bertz CT molecular complexity index is 2030. The molecule has 4 saturated heterocycles. The van der Waals surface area contributed by atoms with Gasteiger partial charge in [-0.2, -0.15) is 23.3 Å². The summed E-state index contributed by atoms with van der Waals surface area (Å²) in [5, 5.41) is 8.87. The molecule has 1 saturated carbocycles. The van der Waals surface area contributed by atoms with Crippen molar-refractivity contribution in [2.75, 3.05) is 82.0 Å². The monoisotopic (exact) mass is 716 g/mol. The van der Waals surface area contributed by atoms with E-state index in [0.29, 0.717) is 67.8 Å². The highest BCUT2D eigenvalue weighted by atomic mass is 19.4. The quantitative estimate of drug-likeness (QED) is 0.239. The van der Waals surface area contributed by atoms with E-state index >= 15 is 0 Å². The molecule has 2 aromatic carbocycles. The molecular formula is C38H43F3N8O3. The summed E-state index contributed by atoms with van der Waals surface area (Å²) in [6.07, 6.45) is 2.19. The zero-order valence-corrected chi connectivity index (χ0v) is 29.3. The fraction of sp³-hybridized carbons (Fsp3) is 0.526. The number of H-pyrrole nitrogens is 1. The van der Waals surface area contributed by atoms with Crippen LogP contribution >= 0.6 is 0 Å². The topological polar surface area (TPSA) is 103 Å². The second-order valence-electron chi connectivity index (χ2n) is 15.3. The predicted molar refractivity (Wildman–Crippen MR) is 192 cm³/mol. The standard InChI is InChI=1S/C38H43F3N8O3/c1-3-30(50)49-20-37(21-49)8-10-47(11-9-37)35-27-16-26(24-5-6-24)32(31-23(2)4-7-29-28(31)17-42-45-29)34(52-22-38(39,40)41)33(27)43-36(44-35)48-18-25(19-48)46-12-14-51-15-13-46/h3-4,7,16-17,24-25H,1,5-6,8-15,18-22H2,2H3,(H,42,45). The third-order valence-electron chi connectivity index (χ3n) is 11.8. The lowest BCUT2D eigenvalue weighted by molar-refractivity contribution is -0.153. The molecule has 5 aliphatic rings. The Labute approximate surface area is 299 Å². The van der Waals surface area contributed by atoms with Crippen molar-refractivity contribution in [2.24, 2.45) is 5.41 Å². The first-order valence-electron chi connectivity index (χ1n) is 18.3. The van der Waals surface area contributed by atoms with Gasteiger partial charge in [0.1, 0.15) is 11.3 Å². The molecule has 0 radical (unpaired) electrons. The normalized spacial score (nSPS) is 21.1. The number of benzene rings is 2. The second kappa shape index (κ2) is 12.6. The zero-order valence-electron chi connectivity index (χ0n) is 29.3. The largest absolute Gasteiger partial charge is 0.481 e. The van der Waals surface area contributed by atoms with Gasteiger partial charge in [-0.05, 0) is 73.4 Å². The molecular weight excluding hydrogens is 673 g/mol. The van der Waals surface area contributed by atoms with Gasteiger partial charge in [0.15, 0.2) is 12.4 Å². The summed E-state index contributed by atoms with van der Waals surface area (Å²) >= 11 is 0. The number of fused-ring (bicyclic) bond motifs is 2. The van der Waals surface area contributed by atoms with E-state index < -0.39 is 12.8 Å². The molecule has 274 valence electrons. The number of aryl methyl sites for hydroxylation is 1. The number of ether oxygens (including phenoxy) is 2. The molecule has 1 N–H and O–H groups in total. The van der Waals surface area contributed by atoms with Gasteiger partial charge >= 0.3 is 6.18 Å². The van der Waals surface area contributed by atoms with Gasteiger partial charge in [0.2, 0.25) is 11.9 Å². The van der Waals surface area contributed by atoms with Crippen molar-refractivity contribution in [3.05, 3.63) is 48.2 Å². The van der Waals surface area contributed by atoms with Crippen molar-refractivity contribution in [1.29, 1.82) is 0 Å². The van der Waals surface area contributed by atoms with Crippen LogP contribution in [0, 0.1) is 12.3 Å². The number of hydrogen-bond donors (Lipinski definition) is 1. The number of alkyl halides is 3. The lowest BCUT2D eigenvalue weighted by atomic mass is 9.72. The average molecular weight is 717 g/mol. The molecule has 2 aromatic heterocycles. The molecule has 1 aliphatic carbocycles. The number of nitrogens with zero attached hydrogens (tertiary/aromatic N) is 7. The number of likely N-dealkylation sites (tertiary alicyclic amines) is 1. The van der Waals surface area contributed by atoms with Crippen molar-refractivity contribution in [3.63, 3.8) is 0 Å². The predicted octanol–water partition coefficient (Wildman–Crippen LogP) is 5.44. The average Bonchev–Trinajstić information content (AvgIpc) is 3.84. The summed E-state index contributed by atoms with van der Waals surface area (Å²) in [5.41, 5.74) is 4.60. The maximum atomic E-state index is 14.1. The minimum atomic E-state index is -4.55. The Morgan fingerprint density at radius 3 is 2.50 bits per heavy atom. The van der Waals surface area contributed by atoms with E-state index in [0.717, 1.165) is 85.3 Å². The molecule has 4 aliphatic heterocycles. The number of hydrogen-bond acceptors (Lipinski definition) is 9. The number of halogens is 3. The lowest BCUT2D eigenvalue weighted by Crippen LogP contribution is -2.62. The molecule has 0 bridgehead atoms. The smallest absolute Gasteiger partial charge is 0.422 e. The van der Waals surface area contributed by atoms with E-state index in [-0.39, 0.29) is 23.0 Å². The van der Waals surface area contributed by atoms with Crippen LogP contribution in [0.5, 0.6) is 5.75 Å². The van der Waals surface area contributed by atoms with Crippen LogP contribution in [0.3, 0.4) is 0 Å². The molecule has 1 amide bonds. The van der Waals surface area contributed by atoms with Gasteiger partial charge in [-0.1, -0.05) is 12.6 Å². The molecule has 4 aromatic rings. The van der Waals surface area contributed by atoms with E-state index in [9.17, 15) is 18.0 Å². The molecule has 52 heavy (non-hydrogen) atoms. The van der Waals surface area contributed by atoms with Gasteiger partial charge in [0, 0.05) is 80.2 Å². The Hall–Kier alpha value is -4.43. The van der Waals surface area contributed by atoms with E-state index in [1.54, 1.807) is 6.20 Å². The minimum Gasteiger partial charge on any atom is -0.481 e. The molecule has 5 fully saturated rings. The van der Waals surface area contributed by atoms with Crippen molar-refractivity contribution < 1.29 is 27.4 Å². The van der Waals surface area contributed by atoms with Crippen molar-refractivity contribution in [1.82, 2.24) is 30.0 Å². The molecule has 1 spiro atoms. The van der Waals surface area contributed by atoms with Crippen molar-refractivity contribution in [3.8, 4) is 16.9 Å². The van der Waals surface area contributed by atoms with Gasteiger partial charge in [-0.3, -0.25) is 14.8 Å². The molecule has 6 heterocycles. The van der Waals surface area contributed by atoms with Crippen LogP contribution in [-0.2, 0) is 9.53 Å². The highest BCUT2D eigenvalue weighted by Crippen LogP contribution is 2.53. The van der Waals surface area contributed by atoms with Gasteiger partial charge in [-0.15, -0.1) is 0 Å². The molecule has 0 unspecified atom stereocenters. The molecule has 11 nitrogen and oxygen atoms in total. The third kappa shape index (κ3) is 5.93. The lowest BCUT2D eigenvalue weighted by Gasteiger charge is -2.54. The summed E-state index contributed by atoms with van der Waals surface area (Å²) in [6, 6.07) is 6.38. The van der Waals surface area contributed by atoms with E-state index in [4.69, 9.17) is 19.4 Å². The van der Waals surface area contributed by atoms with Crippen LogP contribution in [0.1, 0.15) is 42.7 Å². The SMILES string of the molecule is C=CC(=O)N1CC2(CCN(c3nc(N4CC(N5CCOCC5)C4)nc4c(OCC(F)(F)F)c(-c5c(C)ccc6[nH]ncc56)c(C5CC5)cc34)CC2)C1. The van der Waals surface area contributed by atoms with Crippen LogP contribution in [0.2, 0.25) is 0 Å². The molecule has 0 atom stereocenters. The highest BCUT2D eigenvalue weighted by molar-refractivity contribution is 6.06. The maximum absolute atomic E-state index is 14.1. The fourth-order valence-corrected chi connectivity index (χ4v) is 8.69. The van der Waals surface area contributed by atoms with Crippen LogP contribution < -0.4 is 14.5 Å². The first-order chi connectivity index (χ1) is 25.1. The number of nitrogens with one attached hydrogen (secondary N) is 1. The Morgan fingerprint density at radius 2 is 1.81 bits per heavy atom. The molecule has 14 heteroatoms. The summed E-state index contributed by atoms with van der Waals surface area (Å²) in [7, 11) is 0. The number of carbonyl (C=O) groups is 1. The van der Waals surface area contributed by atoms with Crippen molar-refractivity contribution in [2.45, 2.75) is 50.7 Å².